The molecule has 6 nitrogen and oxygen atoms in total. The lowest BCUT2D eigenvalue weighted by molar-refractivity contribution is 0.528. The molecule has 0 aromatic carbocycles. The molecular weight excluding hydrogens is 252 g/mol. The predicted molar refractivity (Wildman–Crippen MR) is 76.3 cm³/mol. The van der Waals surface area contributed by atoms with E-state index in [-0.39, 0.29) is 6.04 Å². The van der Waals surface area contributed by atoms with Gasteiger partial charge in [-0.25, -0.2) is 4.98 Å². The van der Waals surface area contributed by atoms with Crippen LogP contribution in [0.25, 0.3) is 5.65 Å². The molecule has 6 heteroatoms. The molecule has 0 radical (unpaired) electrons. The average molecular weight is 270 g/mol. The van der Waals surface area contributed by atoms with E-state index in [1.165, 1.54) is 0 Å². The largest absolute Gasteiger partial charge is 0.337 e. The summed E-state index contributed by atoms with van der Waals surface area (Å²) in [5.74, 6) is 2.01. The van der Waals surface area contributed by atoms with E-state index in [1.807, 2.05) is 52.8 Å². The van der Waals surface area contributed by atoms with Gasteiger partial charge in [0.1, 0.15) is 11.6 Å². The summed E-state index contributed by atoms with van der Waals surface area (Å²) in [5, 5.41) is 11.8. The van der Waals surface area contributed by atoms with Crippen molar-refractivity contribution in [3.05, 3.63) is 48.4 Å². The number of imidazole rings is 1. The van der Waals surface area contributed by atoms with Crippen LogP contribution in [0.1, 0.15) is 24.6 Å². The summed E-state index contributed by atoms with van der Waals surface area (Å²) < 4.78 is 4.05. The molecule has 104 valence electrons. The van der Waals surface area contributed by atoms with Crippen LogP contribution < -0.4 is 5.32 Å². The van der Waals surface area contributed by atoms with E-state index >= 15 is 0 Å². The second kappa shape index (κ2) is 5.42. The highest BCUT2D eigenvalue weighted by molar-refractivity contribution is 5.36. The van der Waals surface area contributed by atoms with Crippen LogP contribution in [0.15, 0.2) is 36.8 Å². The molecule has 0 fully saturated rings. The fourth-order valence-electron chi connectivity index (χ4n) is 2.35. The minimum Gasteiger partial charge on any atom is -0.337 e. The summed E-state index contributed by atoms with van der Waals surface area (Å²) in [4.78, 5) is 4.35. The van der Waals surface area contributed by atoms with Crippen LogP contribution in [0, 0.1) is 0 Å². The fourth-order valence-corrected chi connectivity index (χ4v) is 2.35. The minimum atomic E-state index is 0.217. The van der Waals surface area contributed by atoms with Crippen molar-refractivity contribution in [2.24, 2.45) is 7.05 Å². The molecule has 0 saturated heterocycles. The quantitative estimate of drug-likeness (QED) is 0.760. The Hall–Kier alpha value is -2.21. The zero-order valence-electron chi connectivity index (χ0n) is 11.7. The van der Waals surface area contributed by atoms with Crippen LogP contribution in [-0.2, 0) is 13.5 Å². The molecule has 3 rings (SSSR count). The maximum Gasteiger partial charge on any atom is 0.160 e. The number of rotatable bonds is 5. The summed E-state index contributed by atoms with van der Waals surface area (Å²) >= 11 is 0. The summed E-state index contributed by atoms with van der Waals surface area (Å²) in [7, 11) is 2.01. The predicted octanol–water partition coefficient (Wildman–Crippen LogP) is 1.36. The highest BCUT2D eigenvalue weighted by atomic mass is 15.2. The number of nitrogens with zero attached hydrogens (tertiary/aromatic N) is 5. The van der Waals surface area contributed by atoms with E-state index in [1.54, 1.807) is 0 Å². The first-order valence-electron chi connectivity index (χ1n) is 6.75. The van der Waals surface area contributed by atoms with Gasteiger partial charge < -0.3 is 9.88 Å². The SMILES string of the molecule is CC(NCCc1nnc2ccccn12)c1nccn1C. The molecule has 0 aliphatic carbocycles. The molecular formula is C14H18N6. The maximum atomic E-state index is 4.35. The smallest absolute Gasteiger partial charge is 0.160 e. The van der Waals surface area contributed by atoms with Crippen LogP contribution in [0.4, 0.5) is 0 Å². The molecule has 3 aromatic rings. The molecule has 20 heavy (non-hydrogen) atoms. The van der Waals surface area contributed by atoms with Crippen molar-refractivity contribution < 1.29 is 0 Å². The third-order valence-electron chi connectivity index (χ3n) is 3.43. The number of hydrogen-bond donors (Lipinski definition) is 1. The zero-order valence-corrected chi connectivity index (χ0v) is 11.7. The first kappa shape index (κ1) is 12.8. The van der Waals surface area contributed by atoms with E-state index in [0.29, 0.717) is 0 Å². The van der Waals surface area contributed by atoms with Crippen LogP contribution in [0.5, 0.6) is 0 Å². The molecule has 0 saturated carbocycles. The maximum absolute atomic E-state index is 4.35. The number of pyridine rings is 1. The highest BCUT2D eigenvalue weighted by Gasteiger charge is 2.10. The van der Waals surface area contributed by atoms with Crippen LogP contribution >= 0.6 is 0 Å². The van der Waals surface area contributed by atoms with Gasteiger partial charge in [-0.2, -0.15) is 0 Å². The van der Waals surface area contributed by atoms with Gasteiger partial charge in [0, 0.05) is 38.6 Å². The Morgan fingerprint density at radius 1 is 1.25 bits per heavy atom. The van der Waals surface area contributed by atoms with Crippen molar-refractivity contribution in [3.8, 4) is 0 Å². The third-order valence-corrected chi connectivity index (χ3v) is 3.43. The van der Waals surface area contributed by atoms with Gasteiger partial charge in [0.25, 0.3) is 0 Å². The second-order valence-electron chi connectivity index (χ2n) is 4.87. The molecule has 3 aromatic heterocycles. The Labute approximate surface area is 117 Å². The fraction of sp³-hybridized carbons (Fsp3) is 0.357. The molecule has 1 atom stereocenters. The molecule has 0 aliphatic heterocycles. The molecule has 0 amide bonds. The number of aromatic nitrogens is 5. The Morgan fingerprint density at radius 2 is 2.15 bits per heavy atom. The number of nitrogens with one attached hydrogen (secondary N) is 1. The van der Waals surface area contributed by atoms with Crippen LogP contribution in [0.2, 0.25) is 0 Å². The van der Waals surface area contributed by atoms with Gasteiger partial charge >= 0.3 is 0 Å². The Balaban J connectivity index is 1.61. The van der Waals surface area contributed by atoms with Gasteiger partial charge in [0.15, 0.2) is 5.65 Å². The molecule has 0 bridgehead atoms. The van der Waals surface area contributed by atoms with Crippen molar-refractivity contribution in [2.75, 3.05) is 6.54 Å². The van der Waals surface area contributed by atoms with E-state index in [2.05, 4.69) is 27.4 Å². The summed E-state index contributed by atoms with van der Waals surface area (Å²) in [6.45, 7) is 2.95. The molecule has 0 aliphatic rings. The standard InChI is InChI=1S/C14H18N6/c1-11(14-16-8-10-19(14)2)15-7-6-13-18-17-12-5-3-4-9-20(12)13/h3-5,8-11,15H,6-7H2,1-2H3. The van der Waals surface area contributed by atoms with Crippen molar-refractivity contribution >= 4 is 5.65 Å². The Morgan fingerprint density at radius 3 is 2.95 bits per heavy atom. The van der Waals surface area contributed by atoms with Gasteiger partial charge in [-0.3, -0.25) is 4.40 Å². The monoisotopic (exact) mass is 270 g/mol. The van der Waals surface area contributed by atoms with Gasteiger partial charge in [0.05, 0.1) is 6.04 Å². The second-order valence-corrected chi connectivity index (χ2v) is 4.87. The molecule has 3 heterocycles. The molecule has 0 spiro atoms. The molecule has 1 unspecified atom stereocenters. The third kappa shape index (κ3) is 2.42. The first-order chi connectivity index (χ1) is 9.75. The van der Waals surface area contributed by atoms with Crippen LogP contribution in [0.3, 0.4) is 0 Å². The summed E-state index contributed by atoms with van der Waals surface area (Å²) in [5.41, 5.74) is 0.889. The minimum absolute atomic E-state index is 0.217. The van der Waals surface area contributed by atoms with Crippen LogP contribution in [-0.4, -0.2) is 30.7 Å². The highest BCUT2D eigenvalue weighted by Crippen LogP contribution is 2.08. The van der Waals surface area contributed by atoms with Crippen molar-refractivity contribution in [1.82, 2.24) is 29.5 Å². The van der Waals surface area contributed by atoms with Gasteiger partial charge in [-0.1, -0.05) is 6.07 Å². The lowest BCUT2D eigenvalue weighted by atomic mass is 10.3. The Bertz CT molecular complexity index is 698. The normalized spacial score (nSPS) is 12.9. The first-order valence-corrected chi connectivity index (χ1v) is 6.75. The van der Waals surface area contributed by atoms with E-state index in [4.69, 9.17) is 0 Å². The van der Waals surface area contributed by atoms with E-state index in [0.717, 1.165) is 30.3 Å². The lowest BCUT2D eigenvalue weighted by Crippen LogP contribution is -2.24. The molecule has 1 N–H and O–H groups in total. The summed E-state index contributed by atoms with van der Waals surface area (Å²) in [6.07, 6.45) is 6.60. The lowest BCUT2D eigenvalue weighted by Gasteiger charge is -2.13. The topological polar surface area (TPSA) is 60.0 Å². The van der Waals surface area contributed by atoms with Gasteiger partial charge in [0.2, 0.25) is 0 Å². The van der Waals surface area contributed by atoms with Crippen molar-refractivity contribution in [3.63, 3.8) is 0 Å². The van der Waals surface area contributed by atoms with E-state index < -0.39 is 0 Å². The van der Waals surface area contributed by atoms with Gasteiger partial charge in [-0.15, -0.1) is 10.2 Å². The Kier molecular flexibility index (Phi) is 3.47. The zero-order chi connectivity index (χ0) is 13.9. The van der Waals surface area contributed by atoms with E-state index in [9.17, 15) is 0 Å². The number of fused-ring (bicyclic) bond motifs is 1. The number of aryl methyl sites for hydroxylation is 1. The number of hydrogen-bond acceptors (Lipinski definition) is 4. The van der Waals surface area contributed by atoms with Gasteiger partial charge in [-0.05, 0) is 19.1 Å². The van der Waals surface area contributed by atoms with Crippen molar-refractivity contribution in [1.29, 1.82) is 0 Å². The van der Waals surface area contributed by atoms with Crippen molar-refractivity contribution in [2.45, 2.75) is 19.4 Å². The average Bonchev–Trinajstić information content (AvgIpc) is 3.05. The summed E-state index contributed by atoms with van der Waals surface area (Å²) in [6, 6.07) is 6.13.